The highest BCUT2D eigenvalue weighted by atomic mass is 32.2. The number of esters is 1. The van der Waals surface area contributed by atoms with Crippen molar-refractivity contribution in [3.63, 3.8) is 0 Å². The van der Waals surface area contributed by atoms with Gasteiger partial charge in [0.15, 0.2) is 6.61 Å². The molecule has 0 saturated carbocycles. The van der Waals surface area contributed by atoms with E-state index in [1.165, 1.54) is 0 Å². The van der Waals surface area contributed by atoms with E-state index in [1.54, 1.807) is 30.9 Å². The largest absolute Gasteiger partial charge is 0.456 e. The van der Waals surface area contributed by atoms with Crippen LogP contribution in [0.1, 0.15) is 17.5 Å². The number of benzene rings is 1. The number of nitrogens with one attached hydrogen (secondary N) is 1. The maximum absolute atomic E-state index is 12.3. The summed E-state index contributed by atoms with van der Waals surface area (Å²) in [4.78, 5) is 25.4. The summed E-state index contributed by atoms with van der Waals surface area (Å²) in [5.74, 6) is -0.909. The van der Waals surface area contributed by atoms with Crippen molar-refractivity contribution in [3.05, 3.63) is 29.3 Å². The lowest BCUT2D eigenvalue weighted by atomic mass is 10.2. The summed E-state index contributed by atoms with van der Waals surface area (Å²) in [6.07, 6.45) is -0.152. The minimum atomic E-state index is -3.70. The Morgan fingerprint density at radius 1 is 1.23 bits per heavy atom. The number of carbonyl (C=O) groups excluding carboxylic acids is 2. The van der Waals surface area contributed by atoms with Crippen molar-refractivity contribution >= 4 is 21.9 Å². The van der Waals surface area contributed by atoms with Crippen LogP contribution in [0.25, 0.3) is 0 Å². The first kappa shape index (κ1) is 20.3. The molecule has 0 unspecified atom stereocenters. The van der Waals surface area contributed by atoms with Gasteiger partial charge in [-0.1, -0.05) is 12.1 Å². The molecule has 1 aromatic carbocycles. The lowest BCUT2D eigenvalue weighted by Gasteiger charge is -2.26. The summed E-state index contributed by atoms with van der Waals surface area (Å²) in [6, 6.07) is 5.14. The topological polar surface area (TPSA) is 102 Å². The molecule has 0 atom stereocenters. The quantitative estimate of drug-likeness (QED) is 0.682. The van der Waals surface area contributed by atoms with E-state index in [0.717, 1.165) is 5.56 Å². The first-order valence-corrected chi connectivity index (χ1v) is 9.86. The molecular weight excluding hydrogens is 360 g/mol. The fraction of sp³-hybridized carbons (Fsp3) is 0.529. The first-order chi connectivity index (χ1) is 12.3. The standard InChI is InChI=1S/C17H24N2O6S/c1-13-3-4-14(2)15(11-13)26(22,23)18-6-5-17(21)25-12-16(20)19-7-9-24-10-8-19/h3-4,11,18H,5-10,12H2,1-2H3. The van der Waals surface area contributed by atoms with Crippen molar-refractivity contribution < 1.29 is 27.5 Å². The zero-order valence-electron chi connectivity index (χ0n) is 15.0. The molecule has 9 heteroatoms. The first-order valence-electron chi connectivity index (χ1n) is 8.37. The third kappa shape index (κ3) is 5.79. The molecular formula is C17H24N2O6S. The van der Waals surface area contributed by atoms with Gasteiger partial charge in [0.25, 0.3) is 5.91 Å². The van der Waals surface area contributed by atoms with Gasteiger partial charge in [-0.3, -0.25) is 9.59 Å². The third-order valence-corrected chi connectivity index (χ3v) is 5.58. The second kappa shape index (κ2) is 9.11. The molecule has 1 aliphatic rings. The number of sulfonamides is 1. The number of morpholine rings is 1. The van der Waals surface area contributed by atoms with Crippen molar-refractivity contribution in [2.24, 2.45) is 0 Å². The zero-order valence-corrected chi connectivity index (χ0v) is 15.8. The molecule has 144 valence electrons. The molecule has 1 saturated heterocycles. The predicted octanol–water partition coefficient (Wildman–Crippen LogP) is 0.374. The van der Waals surface area contributed by atoms with E-state index >= 15 is 0 Å². The molecule has 1 N–H and O–H groups in total. The van der Waals surface area contributed by atoms with Crippen LogP contribution in [-0.4, -0.2) is 64.6 Å². The Kier molecular flexibility index (Phi) is 7.13. The SMILES string of the molecule is Cc1ccc(C)c(S(=O)(=O)NCCC(=O)OCC(=O)N2CCOCC2)c1. The number of carbonyl (C=O) groups is 2. The fourth-order valence-corrected chi connectivity index (χ4v) is 3.84. The molecule has 0 spiro atoms. The lowest BCUT2D eigenvalue weighted by Crippen LogP contribution is -2.42. The summed E-state index contributed by atoms with van der Waals surface area (Å²) >= 11 is 0. The second-order valence-corrected chi connectivity index (χ2v) is 7.81. The highest BCUT2D eigenvalue weighted by Crippen LogP contribution is 2.16. The van der Waals surface area contributed by atoms with E-state index < -0.39 is 16.0 Å². The van der Waals surface area contributed by atoms with Gasteiger partial charge in [0.05, 0.1) is 24.5 Å². The molecule has 0 aromatic heterocycles. The van der Waals surface area contributed by atoms with Gasteiger partial charge in [0, 0.05) is 19.6 Å². The van der Waals surface area contributed by atoms with E-state index in [4.69, 9.17) is 9.47 Å². The van der Waals surface area contributed by atoms with Crippen molar-refractivity contribution in [3.8, 4) is 0 Å². The van der Waals surface area contributed by atoms with Crippen LogP contribution in [0.15, 0.2) is 23.1 Å². The average Bonchev–Trinajstić information content (AvgIpc) is 2.62. The molecule has 1 aliphatic heterocycles. The van der Waals surface area contributed by atoms with Crippen LogP contribution in [0, 0.1) is 13.8 Å². The summed E-state index contributed by atoms with van der Waals surface area (Å²) in [7, 11) is -3.70. The minimum absolute atomic E-state index is 0.0969. The highest BCUT2D eigenvalue weighted by Gasteiger charge is 2.19. The maximum Gasteiger partial charge on any atom is 0.307 e. The Hall–Kier alpha value is -1.97. The highest BCUT2D eigenvalue weighted by molar-refractivity contribution is 7.89. The molecule has 0 aliphatic carbocycles. The average molecular weight is 384 g/mol. The van der Waals surface area contributed by atoms with Crippen LogP contribution < -0.4 is 4.72 Å². The van der Waals surface area contributed by atoms with Crippen molar-refractivity contribution in [2.45, 2.75) is 25.2 Å². The molecule has 0 bridgehead atoms. The number of aryl methyl sites for hydroxylation is 2. The van der Waals surface area contributed by atoms with Gasteiger partial charge in [-0.2, -0.15) is 0 Å². The van der Waals surface area contributed by atoms with Gasteiger partial charge in [-0.15, -0.1) is 0 Å². The van der Waals surface area contributed by atoms with Crippen molar-refractivity contribution in [2.75, 3.05) is 39.5 Å². The van der Waals surface area contributed by atoms with Crippen LogP contribution in [0.2, 0.25) is 0 Å². The Balaban J connectivity index is 1.76. The number of amides is 1. The Morgan fingerprint density at radius 2 is 1.92 bits per heavy atom. The molecule has 2 rings (SSSR count). The molecule has 8 nitrogen and oxygen atoms in total. The van der Waals surface area contributed by atoms with E-state index in [-0.39, 0.29) is 30.4 Å². The van der Waals surface area contributed by atoms with E-state index in [0.29, 0.717) is 31.9 Å². The number of nitrogens with zero attached hydrogens (tertiary/aromatic N) is 1. The molecule has 26 heavy (non-hydrogen) atoms. The minimum Gasteiger partial charge on any atom is -0.456 e. The van der Waals surface area contributed by atoms with Crippen LogP contribution >= 0.6 is 0 Å². The zero-order chi connectivity index (χ0) is 19.2. The number of hydrogen-bond acceptors (Lipinski definition) is 6. The van der Waals surface area contributed by atoms with Gasteiger partial charge >= 0.3 is 5.97 Å². The summed E-state index contributed by atoms with van der Waals surface area (Å²) in [5, 5.41) is 0. The second-order valence-electron chi connectivity index (χ2n) is 6.07. The van der Waals surface area contributed by atoms with Gasteiger partial charge in [0.1, 0.15) is 0 Å². The summed E-state index contributed by atoms with van der Waals surface area (Å²) < 4.78 is 37.1. The van der Waals surface area contributed by atoms with Crippen LogP contribution in [-0.2, 0) is 29.1 Å². The predicted molar refractivity (Wildman–Crippen MR) is 94.1 cm³/mol. The summed E-state index contributed by atoms with van der Waals surface area (Å²) in [6.45, 7) is 4.97. The van der Waals surface area contributed by atoms with Crippen LogP contribution in [0.3, 0.4) is 0 Å². The monoisotopic (exact) mass is 384 g/mol. The number of ether oxygens (including phenoxy) is 2. The number of hydrogen-bond donors (Lipinski definition) is 1. The lowest BCUT2D eigenvalue weighted by molar-refractivity contribution is -0.153. The van der Waals surface area contributed by atoms with Gasteiger partial charge in [0.2, 0.25) is 10.0 Å². The van der Waals surface area contributed by atoms with E-state index in [9.17, 15) is 18.0 Å². The molecule has 1 heterocycles. The van der Waals surface area contributed by atoms with Gasteiger partial charge < -0.3 is 14.4 Å². The van der Waals surface area contributed by atoms with E-state index in [2.05, 4.69) is 4.72 Å². The third-order valence-electron chi connectivity index (χ3n) is 3.97. The smallest absolute Gasteiger partial charge is 0.307 e. The summed E-state index contributed by atoms with van der Waals surface area (Å²) in [5.41, 5.74) is 1.46. The normalized spacial score (nSPS) is 14.9. The Morgan fingerprint density at radius 3 is 2.62 bits per heavy atom. The van der Waals surface area contributed by atoms with Crippen molar-refractivity contribution in [1.29, 1.82) is 0 Å². The Bertz CT molecular complexity index is 757. The maximum atomic E-state index is 12.3. The van der Waals surface area contributed by atoms with Crippen LogP contribution in [0.4, 0.5) is 0 Å². The molecule has 0 radical (unpaired) electrons. The molecule has 1 amide bonds. The van der Waals surface area contributed by atoms with E-state index in [1.807, 2.05) is 6.07 Å². The fourth-order valence-electron chi connectivity index (χ4n) is 2.48. The van der Waals surface area contributed by atoms with Crippen LogP contribution in [0.5, 0.6) is 0 Å². The van der Waals surface area contributed by atoms with Crippen molar-refractivity contribution in [1.82, 2.24) is 9.62 Å². The number of rotatable bonds is 7. The molecule has 1 fully saturated rings. The van der Waals surface area contributed by atoms with Gasteiger partial charge in [-0.25, -0.2) is 13.1 Å². The molecule has 1 aromatic rings. The van der Waals surface area contributed by atoms with Gasteiger partial charge in [-0.05, 0) is 31.0 Å². The Labute approximate surface area is 153 Å².